The van der Waals surface area contributed by atoms with Gasteiger partial charge in [-0.15, -0.1) is 0 Å². The molecule has 0 aliphatic carbocycles. The van der Waals surface area contributed by atoms with Crippen LogP contribution < -0.4 is 15.8 Å². The molecule has 4 heteroatoms. The zero-order valence-corrected chi connectivity index (χ0v) is 11.7. The molecule has 3 N–H and O–H groups in total. The van der Waals surface area contributed by atoms with Crippen molar-refractivity contribution in [3.8, 4) is 5.75 Å². The fourth-order valence-corrected chi connectivity index (χ4v) is 1.80. The monoisotopic (exact) mass is 259 g/mol. The van der Waals surface area contributed by atoms with E-state index in [1.807, 2.05) is 30.3 Å². The van der Waals surface area contributed by atoms with Crippen LogP contribution in [0.5, 0.6) is 5.75 Å². The quantitative estimate of drug-likeness (QED) is 0.866. The lowest BCUT2D eigenvalue weighted by Gasteiger charge is -2.23. The van der Waals surface area contributed by atoms with Crippen LogP contribution in [0.1, 0.15) is 13.8 Å². The minimum absolute atomic E-state index is 0.0422. The number of hydrogen-bond donors (Lipinski definition) is 2. The number of pyridine rings is 1. The Labute approximate surface area is 114 Å². The van der Waals surface area contributed by atoms with E-state index in [4.69, 9.17) is 10.5 Å². The van der Waals surface area contributed by atoms with E-state index in [9.17, 15) is 0 Å². The SMILES string of the molecule is COc1cc(NCC(C)(C)CN)nc2ccccc12. The highest BCUT2D eigenvalue weighted by Crippen LogP contribution is 2.27. The number of nitrogens with zero attached hydrogens (tertiary/aromatic N) is 1. The molecular formula is C15H21N3O. The summed E-state index contributed by atoms with van der Waals surface area (Å²) in [7, 11) is 1.68. The molecule has 102 valence electrons. The number of fused-ring (bicyclic) bond motifs is 1. The molecule has 0 atom stereocenters. The van der Waals surface area contributed by atoms with E-state index < -0.39 is 0 Å². The number of ether oxygens (including phenoxy) is 1. The molecular weight excluding hydrogens is 238 g/mol. The van der Waals surface area contributed by atoms with Gasteiger partial charge in [-0.1, -0.05) is 26.0 Å². The second-order valence-electron chi connectivity index (χ2n) is 5.45. The molecule has 19 heavy (non-hydrogen) atoms. The number of hydrogen-bond acceptors (Lipinski definition) is 4. The maximum atomic E-state index is 5.73. The zero-order chi connectivity index (χ0) is 13.9. The Morgan fingerprint density at radius 1 is 1.32 bits per heavy atom. The fraction of sp³-hybridized carbons (Fsp3) is 0.400. The molecule has 0 saturated carbocycles. The van der Waals surface area contributed by atoms with Crippen molar-refractivity contribution < 1.29 is 4.74 Å². The topological polar surface area (TPSA) is 60.2 Å². The Bertz CT molecular complexity index is 566. The Morgan fingerprint density at radius 3 is 2.74 bits per heavy atom. The predicted molar refractivity (Wildman–Crippen MR) is 79.6 cm³/mol. The minimum Gasteiger partial charge on any atom is -0.496 e. The van der Waals surface area contributed by atoms with Gasteiger partial charge in [0.2, 0.25) is 0 Å². The summed E-state index contributed by atoms with van der Waals surface area (Å²) in [6.07, 6.45) is 0. The van der Waals surface area contributed by atoms with Crippen molar-refractivity contribution in [2.45, 2.75) is 13.8 Å². The van der Waals surface area contributed by atoms with Gasteiger partial charge in [-0.3, -0.25) is 0 Å². The molecule has 0 unspecified atom stereocenters. The summed E-state index contributed by atoms with van der Waals surface area (Å²) < 4.78 is 5.42. The summed E-state index contributed by atoms with van der Waals surface area (Å²) in [6.45, 7) is 5.65. The first-order chi connectivity index (χ1) is 9.05. The van der Waals surface area contributed by atoms with Crippen LogP contribution in [0.4, 0.5) is 5.82 Å². The molecule has 4 nitrogen and oxygen atoms in total. The van der Waals surface area contributed by atoms with Gasteiger partial charge in [-0.05, 0) is 24.1 Å². The molecule has 1 aromatic carbocycles. The lowest BCUT2D eigenvalue weighted by Crippen LogP contribution is -2.31. The zero-order valence-electron chi connectivity index (χ0n) is 11.7. The molecule has 0 saturated heterocycles. The molecule has 1 aromatic heterocycles. The smallest absolute Gasteiger partial charge is 0.131 e. The number of benzene rings is 1. The van der Waals surface area contributed by atoms with Crippen LogP contribution >= 0.6 is 0 Å². The highest BCUT2D eigenvalue weighted by Gasteiger charge is 2.15. The van der Waals surface area contributed by atoms with Crippen molar-refractivity contribution in [2.75, 3.05) is 25.5 Å². The normalized spacial score (nSPS) is 11.6. The van der Waals surface area contributed by atoms with Crippen LogP contribution in [0.2, 0.25) is 0 Å². The third-order valence-corrected chi connectivity index (χ3v) is 3.20. The molecule has 0 aliphatic rings. The van der Waals surface area contributed by atoms with E-state index in [0.29, 0.717) is 6.54 Å². The average molecular weight is 259 g/mol. The number of nitrogens with one attached hydrogen (secondary N) is 1. The van der Waals surface area contributed by atoms with Gasteiger partial charge < -0.3 is 15.8 Å². The Kier molecular flexibility index (Phi) is 3.90. The Hall–Kier alpha value is -1.81. The van der Waals surface area contributed by atoms with Crippen molar-refractivity contribution in [1.29, 1.82) is 0 Å². The second-order valence-corrected chi connectivity index (χ2v) is 5.45. The summed E-state index contributed by atoms with van der Waals surface area (Å²) >= 11 is 0. The van der Waals surface area contributed by atoms with Crippen LogP contribution in [-0.2, 0) is 0 Å². The molecule has 0 radical (unpaired) electrons. The number of methoxy groups -OCH3 is 1. The number of nitrogens with two attached hydrogens (primary N) is 1. The van der Waals surface area contributed by atoms with Crippen molar-refractivity contribution in [3.63, 3.8) is 0 Å². The van der Waals surface area contributed by atoms with Gasteiger partial charge >= 0.3 is 0 Å². The maximum Gasteiger partial charge on any atom is 0.131 e. The van der Waals surface area contributed by atoms with E-state index in [1.54, 1.807) is 7.11 Å². The van der Waals surface area contributed by atoms with Gasteiger partial charge in [0, 0.05) is 18.0 Å². The molecule has 2 aromatic rings. The predicted octanol–water partition coefficient (Wildman–Crippen LogP) is 2.64. The van der Waals surface area contributed by atoms with Gasteiger partial charge in [0.15, 0.2) is 0 Å². The van der Waals surface area contributed by atoms with Gasteiger partial charge in [0.25, 0.3) is 0 Å². The van der Waals surface area contributed by atoms with Crippen LogP contribution in [0, 0.1) is 5.41 Å². The number of para-hydroxylation sites is 1. The van der Waals surface area contributed by atoms with Crippen molar-refractivity contribution in [3.05, 3.63) is 30.3 Å². The Balaban J connectivity index is 2.29. The molecule has 1 heterocycles. The lowest BCUT2D eigenvalue weighted by atomic mass is 9.94. The summed E-state index contributed by atoms with van der Waals surface area (Å²) in [5, 5.41) is 4.35. The molecule has 2 rings (SSSR count). The summed E-state index contributed by atoms with van der Waals surface area (Å²) in [4.78, 5) is 4.59. The molecule has 0 bridgehead atoms. The summed E-state index contributed by atoms with van der Waals surface area (Å²) in [5.74, 6) is 1.65. The molecule has 0 amide bonds. The first-order valence-electron chi connectivity index (χ1n) is 6.43. The number of aromatic nitrogens is 1. The highest BCUT2D eigenvalue weighted by atomic mass is 16.5. The Morgan fingerprint density at radius 2 is 2.05 bits per heavy atom. The van der Waals surface area contributed by atoms with Crippen molar-refractivity contribution >= 4 is 16.7 Å². The van der Waals surface area contributed by atoms with E-state index in [-0.39, 0.29) is 5.41 Å². The maximum absolute atomic E-state index is 5.73. The van der Waals surface area contributed by atoms with Crippen LogP contribution in [0.25, 0.3) is 10.9 Å². The van der Waals surface area contributed by atoms with E-state index in [0.717, 1.165) is 29.0 Å². The summed E-state index contributed by atoms with van der Waals surface area (Å²) in [5.41, 5.74) is 6.70. The standard InChI is InChI=1S/C15H21N3O/c1-15(2,9-16)10-17-14-8-13(19-3)11-6-4-5-7-12(11)18-14/h4-8H,9-10,16H2,1-3H3,(H,17,18). The van der Waals surface area contributed by atoms with Gasteiger partial charge in [0.05, 0.1) is 12.6 Å². The lowest BCUT2D eigenvalue weighted by molar-refractivity contribution is 0.404. The average Bonchev–Trinajstić information content (AvgIpc) is 2.44. The van der Waals surface area contributed by atoms with E-state index in [2.05, 4.69) is 24.1 Å². The van der Waals surface area contributed by atoms with Gasteiger partial charge in [0.1, 0.15) is 11.6 Å². The first-order valence-corrected chi connectivity index (χ1v) is 6.43. The number of anilines is 1. The third-order valence-electron chi connectivity index (χ3n) is 3.20. The number of rotatable bonds is 5. The van der Waals surface area contributed by atoms with E-state index in [1.165, 1.54) is 0 Å². The minimum atomic E-state index is 0.0422. The summed E-state index contributed by atoms with van der Waals surface area (Å²) in [6, 6.07) is 9.88. The molecule has 0 aliphatic heterocycles. The molecule has 0 fully saturated rings. The van der Waals surface area contributed by atoms with Gasteiger partial charge in [-0.2, -0.15) is 0 Å². The molecule has 0 spiro atoms. The van der Waals surface area contributed by atoms with E-state index >= 15 is 0 Å². The highest BCUT2D eigenvalue weighted by molar-refractivity contribution is 5.86. The second kappa shape index (κ2) is 5.45. The van der Waals surface area contributed by atoms with Crippen LogP contribution in [-0.4, -0.2) is 25.2 Å². The third kappa shape index (κ3) is 3.15. The van der Waals surface area contributed by atoms with Crippen molar-refractivity contribution in [1.82, 2.24) is 4.98 Å². The fourth-order valence-electron chi connectivity index (χ4n) is 1.80. The van der Waals surface area contributed by atoms with Crippen LogP contribution in [0.15, 0.2) is 30.3 Å². The van der Waals surface area contributed by atoms with Crippen molar-refractivity contribution in [2.24, 2.45) is 11.1 Å². The van der Waals surface area contributed by atoms with Crippen LogP contribution in [0.3, 0.4) is 0 Å². The largest absolute Gasteiger partial charge is 0.496 e. The van der Waals surface area contributed by atoms with Gasteiger partial charge in [-0.25, -0.2) is 4.98 Å². The first kappa shape index (κ1) is 13.6.